The van der Waals surface area contributed by atoms with Crippen LogP contribution in [-0.4, -0.2) is 19.6 Å². The first-order chi connectivity index (χ1) is 15.2. The molecule has 1 fully saturated rings. The van der Waals surface area contributed by atoms with Crippen molar-refractivity contribution >= 4 is 0 Å². The summed E-state index contributed by atoms with van der Waals surface area (Å²) in [4.78, 5) is 13.2. The zero-order valence-corrected chi connectivity index (χ0v) is 17.0. The minimum absolute atomic E-state index is 0.0627. The van der Waals surface area contributed by atoms with Crippen molar-refractivity contribution in [2.24, 2.45) is 0 Å². The van der Waals surface area contributed by atoms with Crippen molar-refractivity contribution < 1.29 is 22.0 Å². The van der Waals surface area contributed by atoms with E-state index in [-0.39, 0.29) is 22.9 Å². The summed E-state index contributed by atoms with van der Waals surface area (Å²) >= 11 is 0. The van der Waals surface area contributed by atoms with Gasteiger partial charge in [0.05, 0.1) is 23.9 Å². The maximum atomic E-state index is 13.5. The molecule has 0 bridgehead atoms. The van der Waals surface area contributed by atoms with Crippen LogP contribution in [0.1, 0.15) is 66.7 Å². The van der Waals surface area contributed by atoms with Gasteiger partial charge in [-0.25, -0.2) is 18.1 Å². The third-order valence-corrected chi connectivity index (χ3v) is 5.77. The van der Waals surface area contributed by atoms with Crippen LogP contribution >= 0.6 is 0 Å². The van der Waals surface area contributed by atoms with Gasteiger partial charge in [-0.15, -0.1) is 5.10 Å². The van der Waals surface area contributed by atoms with Crippen LogP contribution in [0.25, 0.3) is 5.82 Å². The molecule has 170 valence electrons. The van der Waals surface area contributed by atoms with E-state index in [1.165, 1.54) is 24.3 Å². The highest BCUT2D eigenvalue weighted by molar-refractivity contribution is 5.32. The van der Waals surface area contributed by atoms with Gasteiger partial charge in [-0.1, -0.05) is 37.5 Å². The Kier molecular flexibility index (Phi) is 6.12. The minimum Gasteiger partial charge on any atom is -0.267 e. The van der Waals surface area contributed by atoms with Crippen molar-refractivity contribution in [2.75, 3.05) is 0 Å². The standard InChI is InChI=1S/C22H21F5N4O/c23-20(24)16-11-28-30(13-16)19-10-17(14-6-2-1-3-7-14)21(32)31(29-19)12-15-8-4-5-9-18(15)22(25,26)27/h4-5,8-11,13-14,20H,1-3,6-7,12H2. The largest absolute Gasteiger partial charge is 0.416 e. The van der Waals surface area contributed by atoms with Crippen molar-refractivity contribution in [3.05, 3.63) is 75.3 Å². The van der Waals surface area contributed by atoms with Crippen LogP contribution in [-0.2, 0) is 12.7 Å². The minimum atomic E-state index is -4.59. The number of hydrogen-bond donors (Lipinski definition) is 0. The first-order valence-corrected chi connectivity index (χ1v) is 10.3. The van der Waals surface area contributed by atoms with E-state index in [1.54, 1.807) is 0 Å². The molecule has 0 N–H and O–H groups in total. The summed E-state index contributed by atoms with van der Waals surface area (Å²) in [6.45, 7) is -0.398. The monoisotopic (exact) mass is 452 g/mol. The molecule has 1 aromatic carbocycles. The van der Waals surface area contributed by atoms with Crippen LogP contribution in [0.5, 0.6) is 0 Å². The molecule has 10 heteroatoms. The van der Waals surface area contributed by atoms with E-state index in [0.29, 0.717) is 5.56 Å². The first kappa shape index (κ1) is 22.2. The van der Waals surface area contributed by atoms with Crippen molar-refractivity contribution in [1.82, 2.24) is 19.6 Å². The second kappa shape index (κ2) is 8.84. The van der Waals surface area contributed by atoms with Crippen LogP contribution < -0.4 is 5.56 Å². The van der Waals surface area contributed by atoms with Crippen molar-refractivity contribution in [2.45, 2.75) is 57.2 Å². The van der Waals surface area contributed by atoms with Gasteiger partial charge < -0.3 is 0 Å². The van der Waals surface area contributed by atoms with Gasteiger partial charge in [-0.3, -0.25) is 4.79 Å². The van der Waals surface area contributed by atoms with Crippen molar-refractivity contribution in [3.63, 3.8) is 0 Å². The predicted molar refractivity (Wildman–Crippen MR) is 107 cm³/mol. The number of hydrogen-bond acceptors (Lipinski definition) is 3. The van der Waals surface area contributed by atoms with Gasteiger partial charge >= 0.3 is 6.18 Å². The molecule has 1 saturated carbocycles. The van der Waals surface area contributed by atoms with Crippen LogP contribution in [0.15, 0.2) is 47.5 Å². The van der Waals surface area contributed by atoms with Gasteiger partial charge in [0.15, 0.2) is 5.82 Å². The quantitative estimate of drug-likeness (QED) is 0.482. The molecule has 2 heterocycles. The summed E-state index contributed by atoms with van der Waals surface area (Å²) in [5.41, 5.74) is -1.31. The predicted octanol–water partition coefficient (Wildman–Crippen LogP) is 5.48. The second-order valence-electron chi connectivity index (χ2n) is 7.93. The number of nitrogens with zero attached hydrogens (tertiary/aromatic N) is 4. The average molecular weight is 452 g/mol. The molecule has 3 aromatic rings. The van der Waals surface area contributed by atoms with Crippen LogP contribution in [0.2, 0.25) is 0 Å². The van der Waals surface area contributed by atoms with Gasteiger partial charge in [0.1, 0.15) is 0 Å². The molecule has 4 rings (SSSR count). The number of rotatable bonds is 5. The third kappa shape index (κ3) is 4.58. The molecule has 32 heavy (non-hydrogen) atoms. The Bertz CT molecular complexity index is 1150. The molecule has 1 aliphatic rings. The summed E-state index contributed by atoms with van der Waals surface area (Å²) in [7, 11) is 0. The number of benzene rings is 1. The molecule has 5 nitrogen and oxygen atoms in total. The maximum Gasteiger partial charge on any atom is 0.416 e. The molecule has 0 spiro atoms. The highest BCUT2D eigenvalue weighted by Crippen LogP contribution is 2.33. The molecule has 0 saturated heterocycles. The van der Waals surface area contributed by atoms with Crippen LogP contribution in [0.4, 0.5) is 22.0 Å². The molecule has 1 aliphatic carbocycles. The lowest BCUT2D eigenvalue weighted by Gasteiger charge is -2.22. The number of aromatic nitrogens is 4. The summed E-state index contributed by atoms with van der Waals surface area (Å²) in [5.74, 6) is 0.0498. The Morgan fingerprint density at radius 3 is 2.47 bits per heavy atom. The fourth-order valence-corrected chi connectivity index (χ4v) is 4.14. The van der Waals surface area contributed by atoms with E-state index >= 15 is 0 Å². The molecule has 0 atom stereocenters. The lowest BCUT2D eigenvalue weighted by Crippen LogP contribution is -2.31. The average Bonchev–Trinajstić information content (AvgIpc) is 3.26. The summed E-state index contributed by atoms with van der Waals surface area (Å²) < 4.78 is 68.5. The Labute approximate surface area is 180 Å². The highest BCUT2D eigenvalue weighted by Gasteiger charge is 2.33. The SMILES string of the molecule is O=c1c(C2CCCCC2)cc(-n2cc(C(F)F)cn2)nn1Cc1ccccc1C(F)(F)F. The van der Waals surface area contributed by atoms with Gasteiger partial charge in [0, 0.05) is 11.8 Å². The zero-order valence-electron chi connectivity index (χ0n) is 17.0. The molecule has 0 radical (unpaired) electrons. The Morgan fingerprint density at radius 1 is 1.09 bits per heavy atom. The highest BCUT2D eigenvalue weighted by atomic mass is 19.4. The van der Waals surface area contributed by atoms with E-state index in [1.807, 2.05) is 0 Å². The molecular weight excluding hydrogens is 431 g/mol. The molecule has 2 aromatic heterocycles. The van der Waals surface area contributed by atoms with Crippen molar-refractivity contribution in [3.8, 4) is 5.82 Å². The van der Waals surface area contributed by atoms with Crippen molar-refractivity contribution in [1.29, 1.82) is 0 Å². The summed E-state index contributed by atoms with van der Waals surface area (Å²) in [6.07, 6.45) is -0.718. The Hall–Kier alpha value is -3.04. The van der Waals surface area contributed by atoms with E-state index in [9.17, 15) is 26.7 Å². The molecule has 0 aliphatic heterocycles. The maximum absolute atomic E-state index is 13.5. The number of alkyl halides is 5. The van der Waals surface area contributed by atoms with E-state index < -0.39 is 30.3 Å². The fourth-order valence-electron chi connectivity index (χ4n) is 4.14. The van der Waals surface area contributed by atoms with Crippen LogP contribution in [0.3, 0.4) is 0 Å². The molecular formula is C22H21F5N4O. The van der Waals surface area contributed by atoms with E-state index in [0.717, 1.165) is 59.9 Å². The Balaban J connectivity index is 1.82. The fraction of sp³-hybridized carbons (Fsp3) is 0.409. The topological polar surface area (TPSA) is 52.7 Å². The van der Waals surface area contributed by atoms with E-state index in [4.69, 9.17) is 0 Å². The zero-order chi connectivity index (χ0) is 22.9. The van der Waals surface area contributed by atoms with Crippen LogP contribution in [0, 0.1) is 0 Å². The Morgan fingerprint density at radius 2 is 1.81 bits per heavy atom. The summed E-state index contributed by atoms with van der Waals surface area (Å²) in [5, 5.41) is 8.09. The van der Waals surface area contributed by atoms with Gasteiger partial charge in [0.2, 0.25) is 0 Å². The second-order valence-corrected chi connectivity index (χ2v) is 7.93. The lowest BCUT2D eigenvalue weighted by atomic mass is 9.85. The summed E-state index contributed by atoms with van der Waals surface area (Å²) in [6, 6.07) is 6.51. The molecule has 0 unspecified atom stereocenters. The smallest absolute Gasteiger partial charge is 0.267 e. The number of halogens is 5. The lowest BCUT2D eigenvalue weighted by molar-refractivity contribution is -0.138. The molecule has 0 amide bonds. The van der Waals surface area contributed by atoms with Gasteiger partial charge in [-0.2, -0.15) is 18.3 Å². The normalized spacial score (nSPS) is 15.4. The van der Waals surface area contributed by atoms with E-state index in [2.05, 4.69) is 10.2 Å². The first-order valence-electron chi connectivity index (χ1n) is 10.3. The van der Waals surface area contributed by atoms with Gasteiger partial charge in [0.25, 0.3) is 12.0 Å². The van der Waals surface area contributed by atoms with Gasteiger partial charge in [-0.05, 0) is 36.5 Å². The third-order valence-electron chi connectivity index (χ3n) is 5.77.